The highest BCUT2D eigenvalue weighted by molar-refractivity contribution is 14.0. The first-order valence-corrected chi connectivity index (χ1v) is 10.6. The summed E-state index contributed by atoms with van der Waals surface area (Å²) in [5.41, 5.74) is 3.09. The number of benzene rings is 1. The van der Waals surface area contributed by atoms with Crippen LogP contribution in [-0.4, -0.2) is 51.9 Å². The van der Waals surface area contributed by atoms with Crippen molar-refractivity contribution >= 4 is 46.8 Å². The first-order valence-electron chi connectivity index (χ1n) is 10.6. The van der Waals surface area contributed by atoms with Gasteiger partial charge in [0.25, 0.3) is 0 Å². The van der Waals surface area contributed by atoms with Gasteiger partial charge < -0.3 is 20.7 Å². The third kappa shape index (κ3) is 6.68. The number of nitrogens with one attached hydrogen (secondary N) is 3. The van der Waals surface area contributed by atoms with Crippen LogP contribution in [0.2, 0.25) is 0 Å². The van der Waals surface area contributed by atoms with E-state index in [1.54, 1.807) is 24.3 Å². The van der Waals surface area contributed by atoms with Crippen molar-refractivity contribution in [2.75, 3.05) is 25.5 Å². The molecule has 174 valence electrons. The van der Waals surface area contributed by atoms with E-state index < -0.39 is 0 Å². The van der Waals surface area contributed by atoms with Crippen LogP contribution in [0.1, 0.15) is 31.4 Å². The number of aliphatic imine (C=N–C) groups is 1. The Bertz CT molecular complexity index is 1040. The minimum atomic E-state index is 0. The lowest BCUT2D eigenvalue weighted by atomic mass is 10.1. The molecule has 0 fully saturated rings. The van der Waals surface area contributed by atoms with Gasteiger partial charge in [-0.25, -0.2) is 9.97 Å². The summed E-state index contributed by atoms with van der Waals surface area (Å²) in [6.45, 7) is 8.26. The van der Waals surface area contributed by atoms with Gasteiger partial charge in [0, 0.05) is 39.3 Å². The fourth-order valence-electron chi connectivity index (χ4n) is 3.08. The molecule has 9 nitrogen and oxygen atoms in total. The van der Waals surface area contributed by atoms with Gasteiger partial charge in [0.1, 0.15) is 17.9 Å². The number of guanidine groups is 1. The van der Waals surface area contributed by atoms with E-state index in [0.717, 1.165) is 40.5 Å². The summed E-state index contributed by atoms with van der Waals surface area (Å²) in [7, 11) is 3.63. The summed E-state index contributed by atoms with van der Waals surface area (Å²) in [5.74, 6) is 2.42. The monoisotopic (exact) mass is 552 g/mol. The van der Waals surface area contributed by atoms with Crippen LogP contribution in [0, 0.1) is 6.92 Å². The molecule has 3 aromatic rings. The van der Waals surface area contributed by atoms with Gasteiger partial charge in [0.05, 0.1) is 17.7 Å². The number of aromatic nitrogens is 4. The van der Waals surface area contributed by atoms with Gasteiger partial charge in [0.15, 0.2) is 11.6 Å². The van der Waals surface area contributed by atoms with Crippen LogP contribution in [0.15, 0.2) is 35.7 Å². The van der Waals surface area contributed by atoms with Gasteiger partial charge >= 0.3 is 0 Å². The minimum absolute atomic E-state index is 0. The van der Waals surface area contributed by atoms with Crippen molar-refractivity contribution in [2.24, 2.45) is 12.0 Å². The van der Waals surface area contributed by atoms with Gasteiger partial charge in [-0.2, -0.15) is 5.10 Å². The van der Waals surface area contributed by atoms with Crippen molar-refractivity contribution < 1.29 is 4.74 Å². The molecule has 10 heteroatoms. The molecular formula is C22H33IN8O. The SMILES string of the molecule is CCC(C)Oc1cc(C)ccc1CNC(=NC)NCCNc1ncnc2c1cnn2C.I. The molecule has 1 aromatic carbocycles. The second-order valence-electron chi connectivity index (χ2n) is 7.45. The van der Waals surface area contributed by atoms with Gasteiger partial charge in [-0.05, 0) is 31.9 Å². The Morgan fingerprint density at radius 3 is 2.78 bits per heavy atom. The highest BCUT2D eigenvalue weighted by Crippen LogP contribution is 2.22. The Labute approximate surface area is 206 Å². The second-order valence-corrected chi connectivity index (χ2v) is 7.45. The lowest BCUT2D eigenvalue weighted by Gasteiger charge is -2.18. The second kappa shape index (κ2) is 12.4. The quantitative estimate of drug-likeness (QED) is 0.162. The van der Waals surface area contributed by atoms with Crippen molar-refractivity contribution in [3.8, 4) is 5.75 Å². The Hall–Kier alpha value is -2.63. The Morgan fingerprint density at radius 1 is 1.22 bits per heavy atom. The predicted octanol–water partition coefficient (Wildman–Crippen LogP) is 3.24. The fourth-order valence-corrected chi connectivity index (χ4v) is 3.08. The predicted molar refractivity (Wildman–Crippen MR) is 140 cm³/mol. The molecule has 2 heterocycles. The van der Waals surface area contributed by atoms with Crippen LogP contribution >= 0.6 is 24.0 Å². The summed E-state index contributed by atoms with van der Waals surface area (Å²) < 4.78 is 7.83. The maximum atomic E-state index is 6.10. The first-order chi connectivity index (χ1) is 15.0. The minimum Gasteiger partial charge on any atom is -0.490 e. The van der Waals surface area contributed by atoms with Crippen molar-refractivity contribution in [3.63, 3.8) is 0 Å². The maximum Gasteiger partial charge on any atom is 0.191 e. The normalized spacial score (nSPS) is 12.2. The largest absolute Gasteiger partial charge is 0.490 e. The molecule has 0 spiro atoms. The fraction of sp³-hybridized carbons (Fsp3) is 0.455. The average Bonchev–Trinajstić information content (AvgIpc) is 3.16. The number of hydrogen-bond donors (Lipinski definition) is 3. The summed E-state index contributed by atoms with van der Waals surface area (Å²) in [4.78, 5) is 12.9. The molecule has 3 N–H and O–H groups in total. The van der Waals surface area contributed by atoms with E-state index in [1.165, 1.54) is 5.56 Å². The van der Waals surface area contributed by atoms with Crippen molar-refractivity contribution in [1.82, 2.24) is 30.4 Å². The van der Waals surface area contributed by atoms with Gasteiger partial charge in [-0.15, -0.1) is 24.0 Å². The van der Waals surface area contributed by atoms with E-state index in [0.29, 0.717) is 19.6 Å². The van der Waals surface area contributed by atoms with Gasteiger partial charge in [0.2, 0.25) is 0 Å². The molecule has 0 aliphatic rings. The number of anilines is 1. The van der Waals surface area contributed by atoms with E-state index in [9.17, 15) is 0 Å². The molecule has 3 rings (SSSR count). The summed E-state index contributed by atoms with van der Waals surface area (Å²) >= 11 is 0. The van der Waals surface area contributed by atoms with Crippen LogP contribution in [0.3, 0.4) is 0 Å². The summed E-state index contributed by atoms with van der Waals surface area (Å²) in [6.07, 6.45) is 4.46. The van der Waals surface area contributed by atoms with E-state index in [2.05, 4.69) is 75.0 Å². The van der Waals surface area contributed by atoms with E-state index in [-0.39, 0.29) is 30.1 Å². The molecule has 2 aromatic heterocycles. The van der Waals surface area contributed by atoms with Crippen molar-refractivity contribution in [1.29, 1.82) is 0 Å². The topological polar surface area (TPSA) is 101 Å². The summed E-state index contributed by atoms with van der Waals surface area (Å²) in [6, 6.07) is 6.29. The molecule has 1 atom stereocenters. The number of halogens is 1. The molecule has 0 saturated heterocycles. The molecule has 1 unspecified atom stereocenters. The third-order valence-electron chi connectivity index (χ3n) is 5.03. The van der Waals surface area contributed by atoms with E-state index >= 15 is 0 Å². The Morgan fingerprint density at radius 2 is 2.03 bits per heavy atom. The standard InChI is InChI=1S/C22H32N8O.HI/c1-6-16(3)31-19-11-15(2)7-8-17(19)12-26-22(23-4)25-10-9-24-20-18-13-29-30(5)21(18)28-14-27-20;/h7-8,11,13-14,16H,6,9-10,12H2,1-5H3,(H2,23,25,26)(H,24,27,28);1H. The van der Waals surface area contributed by atoms with Gasteiger partial charge in [-0.3, -0.25) is 9.67 Å². The molecule has 0 aliphatic heterocycles. The molecule has 0 bridgehead atoms. The zero-order chi connectivity index (χ0) is 22.2. The third-order valence-corrected chi connectivity index (χ3v) is 5.03. The lowest BCUT2D eigenvalue weighted by Crippen LogP contribution is -2.39. The van der Waals surface area contributed by atoms with Crippen LogP contribution in [-0.2, 0) is 13.6 Å². The van der Waals surface area contributed by atoms with E-state index in [4.69, 9.17) is 4.74 Å². The molecule has 32 heavy (non-hydrogen) atoms. The lowest BCUT2D eigenvalue weighted by molar-refractivity contribution is 0.215. The van der Waals surface area contributed by atoms with Crippen molar-refractivity contribution in [2.45, 2.75) is 39.8 Å². The Kier molecular flexibility index (Phi) is 9.95. The number of rotatable bonds is 9. The molecule has 0 radical (unpaired) electrons. The van der Waals surface area contributed by atoms with Gasteiger partial charge in [-0.1, -0.05) is 19.1 Å². The zero-order valence-corrected chi connectivity index (χ0v) is 21.7. The zero-order valence-electron chi connectivity index (χ0n) is 19.3. The number of ether oxygens (including phenoxy) is 1. The first kappa shape index (κ1) is 25.6. The smallest absolute Gasteiger partial charge is 0.191 e. The molecular weight excluding hydrogens is 519 g/mol. The molecule has 0 aliphatic carbocycles. The van der Waals surface area contributed by atoms with Crippen LogP contribution < -0.4 is 20.7 Å². The Balaban J connectivity index is 0.00000363. The molecule has 0 amide bonds. The van der Waals surface area contributed by atoms with Crippen LogP contribution in [0.4, 0.5) is 5.82 Å². The van der Waals surface area contributed by atoms with Crippen LogP contribution in [0.25, 0.3) is 11.0 Å². The van der Waals surface area contributed by atoms with Crippen LogP contribution in [0.5, 0.6) is 5.75 Å². The average molecular weight is 552 g/mol. The molecule has 0 saturated carbocycles. The number of hydrogen-bond acceptors (Lipinski definition) is 6. The number of fused-ring (bicyclic) bond motifs is 1. The van der Waals surface area contributed by atoms with E-state index in [1.807, 2.05) is 7.05 Å². The highest BCUT2D eigenvalue weighted by Gasteiger charge is 2.09. The number of nitrogens with zero attached hydrogens (tertiary/aromatic N) is 5. The highest BCUT2D eigenvalue weighted by atomic mass is 127. The summed E-state index contributed by atoms with van der Waals surface area (Å²) in [5, 5.41) is 15.1. The maximum absolute atomic E-state index is 6.10. The van der Waals surface area contributed by atoms with Crippen molar-refractivity contribution in [3.05, 3.63) is 41.9 Å². The number of aryl methyl sites for hydroxylation is 2.